The molecule has 3 N–H and O–H groups in total. The van der Waals surface area contributed by atoms with Gasteiger partial charge < -0.3 is 20.5 Å². The second kappa shape index (κ2) is 6.17. The van der Waals surface area contributed by atoms with Crippen molar-refractivity contribution in [2.45, 2.75) is 44.6 Å². The lowest BCUT2D eigenvalue weighted by Crippen LogP contribution is -2.54. The quantitative estimate of drug-likeness (QED) is 0.732. The molecule has 110 valence electrons. The smallest absolute Gasteiger partial charge is 0.231 e. The fourth-order valence-electron chi connectivity index (χ4n) is 2.60. The van der Waals surface area contributed by atoms with Gasteiger partial charge in [-0.15, -0.1) is 0 Å². The Balaban J connectivity index is 1.67. The lowest BCUT2D eigenvalue weighted by Gasteiger charge is -2.38. The summed E-state index contributed by atoms with van der Waals surface area (Å²) in [5.41, 5.74) is 5.20. The molecule has 0 radical (unpaired) electrons. The molecule has 2 heterocycles. The highest BCUT2D eigenvalue weighted by atomic mass is 16.7. The second-order valence-electron chi connectivity index (χ2n) is 5.90. The second-order valence-corrected chi connectivity index (χ2v) is 5.90. The highest BCUT2D eigenvalue weighted by Crippen LogP contribution is 2.18. The molecule has 2 saturated heterocycles. The minimum absolute atomic E-state index is 0.247. The van der Waals surface area contributed by atoms with Crippen LogP contribution in [0.3, 0.4) is 0 Å². The van der Waals surface area contributed by atoms with E-state index in [1.54, 1.807) is 0 Å². The number of rotatable bonds is 4. The molecular weight excluding hydrogens is 246 g/mol. The Hall–Kier alpha value is -0.690. The Morgan fingerprint density at radius 1 is 1.26 bits per heavy atom. The molecule has 2 rings (SSSR count). The number of ether oxygens (including phenoxy) is 2. The van der Waals surface area contributed by atoms with Crippen LogP contribution in [0.4, 0.5) is 0 Å². The lowest BCUT2D eigenvalue weighted by atomic mass is 10.0. The standard InChI is InChI=1S/C13H25N3O3/c1-13(2)18-8-11(9-19-13)15-10-3-5-16(6-4-10)7-12(14)17/h10-11,15H,3-9H2,1-2H3,(H2,14,17). The fourth-order valence-corrected chi connectivity index (χ4v) is 2.60. The van der Waals surface area contributed by atoms with Crippen LogP contribution >= 0.6 is 0 Å². The summed E-state index contributed by atoms with van der Waals surface area (Å²) >= 11 is 0. The number of nitrogens with zero attached hydrogens (tertiary/aromatic N) is 1. The van der Waals surface area contributed by atoms with Crippen LogP contribution in [0.2, 0.25) is 0 Å². The molecule has 0 aromatic rings. The van der Waals surface area contributed by atoms with Gasteiger partial charge in [-0.1, -0.05) is 0 Å². The van der Waals surface area contributed by atoms with Crippen molar-refractivity contribution < 1.29 is 14.3 Å². The van der Waals surface area contributed by atoms with E-state index in [4.69, 9.17) is 15.2 Å². The highest BCUT2D eigenvalue weighted by molar-refractivity contribution is 5.75. The number of hydrogen-bond acceptors (Lipinski definition) is 5. The predicted molar refractivity (Wildman–Crippen MR) is 71.6 cm³/mol. The average molecular weight is 271 g/mol. The van der Waals surface area contributed by atoms with Gasteiger partial charge in [-0.25, -0.2) is 0 Å². The molecule has 2 aliphatic heterocycles. The van der Waals surface area contributed by atoms with Crippen LogP contribution < -0.4 is 11.1 Å². The third-order valence-corrected chi connectivity index (χ3v) is 3.70. The number of primary amides is 1. The van der Waals surface area contributed by atoms with Gasteiger partial charge in [0.2, 0.25) is 5.91 Å². The first kappa shape index (κ1) is 14.7. The van der Waals surface area contributed by atoms with Gasteiger partial charge in [0.05, 0.1) is 25.8 Å². The predicted octanol–water partition coefficient (Wildman–Crippen LogP) is -0.323. The number of carbonyl (C=O) groups excluding carboxylic acids is 1. The number of likely N-dealkylation sites (tertiary alicyclic amines) is 1. The Morgan fingerprint density at radius 3 is 2.37 bits per heavy atom. The molecule has 0 spiro atoms. The zero-order chi connectivity index (χ0) is 13.9. The zero-order valence-corrected chi connectivity index (χ0v) is 11.9. The Labute approximate surface area is 114 Å². The maximum atomic E-state index is 10.9. The minimum atomic E-state index is -0.455. The number of carbonyl (C=O) groups is 1. The van der Waals surface area contributed by atoms with Gasteiger partial charge in [0.15, 0.2) is 5.79 Å². The van der Waals surface area contributed by atoms with Crippen LogP contribution in [-0.2, 0) is 14.3 Å². The van der Waals surface area contributed by atoms with Crippen molar-refractivity contribution in [3.63, 3.8) is 0 Å². The monoisotopic (exact) mass is 271 g/mol. The first-order chi connectivity index (χ1) is 8.94. The first-order valence-corrected chi connectivity index (χ1v) is 6.99. The van der Waals surface area contributed by atoms with E-state index in [1.807, 2.05) is 13.8 Å². The van der Waals surface area contributed by atoms with Crippen LogP contribution in [-0.4, -0.2) is 61.5 Å². The number of piperidine rings is 1. The summed E-state index contributed by atoms with van der Waals surface area (Å²) in [7, 11) is 0. The third kappa shape index (κ3) is 4.72. The molecule has 0 aliphatic carbocycles. The topological polar surface area (TPSA) is 76.8 Å². The molecule has 1 amide bonds. The molecule has 0 bridgehead atoms. The van der Waals surface area contributed by atoms with E-state index in [0.29, 0.717) is 25.8 Å². The lowest BCUT2D eigenvalue weighted by molar-refractivity contribution is -0.253. The van der Waals surface area contributed by atoms with E-state index < -0.39 is 5.79 Å². The van der Waals surface area contributed by atoms with Crippen LogP contribution in [0.15, 0.2) is 0 Å². The molecule has 0 aromatic carbocycles. The van der Waals surface area contributed by atoms with E-state index in [2.05, 4.69) is 10.2 Å². The van der Waals surface area contributed by atoms with Crippen molar-refractivity contribution >= 4 is 5.91 Å². The molecule has 0 aromatic heterocycles. The van der Waals surface area contributed by atoms with Gasteiger partial charge in [-0.2, -0.15) is 0 Å². The van der Waals surface area contributed by atoms with Crippen molar-refractivity contribution in [1.82, 2.24) is 10.2 Å². The number of amides is 1. The van der Waals surface area contributed by atoms with Crippen LogP contribution in [0.5, 0.6) is 0 Å². The maximum Gasteiger partial charge on any atom is 0.231 e. The largest absolute Gasteiger partial charge is 0.369 e. The van der Waals surface area contributed by atoms with Crippen LogP contribution in [0.1, 0.15) is 26.7 Å². The van der Waals surface area contributed by atoms with Gasteiger partial charge in [-0.05, 0) is 26.7 Å². The van der Waals surface area contributed by atoms with E-state index in [9.17, 15) is 4.79 Å². The number of nitrogens with two attached hydrogens (primary N) is 1. The van der Waals surface area contributed by atoms with Crippen molar-refractivity contribution in [3.8, 4) is 0 Å². The van der Waals surface area contributed by atoms with Crippen molar-refractivity contribution in [2.75, 3.05) is 32.8 Å². The van der Waals surface area contributed by atoms with Crippen LogP contribution in [0.25, 0.3) is 0 Å². The Kier molecular flexibility index (Phi) is 4.78. The summed E-state index contributed by atoms with van der Waals surface area (Å²) in [6.45, 7) is 7.46. The van der Waals surface area contributed by atoms with Gasteiger partial charge in [-0.3, -0.25) is 9.69 Å². The Bertz CT molecular complexity index is 304. The number of nitrogens with one attached hydrogen (secondary N) is 1. The summed E-state index contributed by atoms with van der Waals surface area (Å²) in [5.74, 6) is -0.703. The normalized spacial score (nSPS) is 26.4. The number of hydrogen-bond donors (Lipinski definition) is 2. The molecule has 19 heavy (non-hydrogen) atoms. The first-order valence-electron chi connectivity index (χ1n) is 6.99. The van der Waals surface area contributed by atoms with Crippen molar-refractivity contribution in [3.05, 3.63) is 0 Å². The molecule has 6 nitrogen and oxygen atoms in total. The molecule has 0 unspecified atom stereocenters. The van der Waals surface area contributed by atoms with Gasteiger partial charge in [0, 0.05) is 19.1 Å². The molecular formula is C13H25N3O3. The summed E-state index contributed by atoms with van der Waals surface area (Å²) in [6.07, 6.45) is 2.07. The molecule has 2 aliphatic rings. The van der Waals surface area contributed by atoms with Crippen LogP contribution in [0, 0.1) is 0 Å². The average Bonchev–Trinajstić information content (AvgIpc) is 2.34. The summed E-state index contributed by atoms with van der Waals surface area (Å²) in [6, 6.07) is 0.739. The molecule has 2 fully saturated rings. The van der Waals surface area contributed by atoms with Crippen molar-refractivity contribution in [2.24, 2.45) is 5.73 Å². The van der Waals surface area contributed by atoms with E-state index in [-0.39, 0.29) is 11.9 Å². The summed E-state index contributed by atoms with van der Waals surface area (Å²) < 4.78 is 11.3. The van der Waals surface area contributed by atoms with Gasteiger partial charge >= 0.3 is 0 Å². The van der Waals surface area contributed by atoms with E-state index in [0.717, 1.165) is 25.9 Å². The van der Waals surface area contributed by atoms with Crippen molar-refractivity contribution in [1.29, 1.82) is 0 Å². The summed E-state index contributed by atoms with van der Waals surface area (Å²) in [4.78, 5) is 13.0. The zero-order valence-electron chi connectivity index (χ0n) is 11.9. The fraction of sp³-hybridized carbons (Fsp3) is 0.923. The maximum absolute atomic E-state index is 10.9. The van der Waals surface area contributed by atoms with Gasteiger partial charge in [0.25, 0.3) is 0 Å². The molecule has 6 heteroatoms. The third-order valence-electron chi connectivity index (χ3n) is 3.70. The molecule has 0 saturated carbocycles. The van der Waals surface area contributed by atoms with E-state index >= 15 is 0 Å². The minimum Gasteiger partial charge on any atom is -0.369 e. The SMILES string of the molecule is CC1(C)OCC(NC2CCN(CC(N)=O)CC2)CO1. The highest BCUT2D eigenvalue weighted by Gasteiger charge is 2.30. The van der Waals surface area contributed by atoms with Gasteiger partial charge in [0.1, 0.15) is 0 Å². The Morgan fingerprint density at radius 2 is 1.84 bits per heavy atom. The summed E-state index contributed by atoms with van der Waals surface area (Å²) in [5, 5.41) is 3.58. The van der Waals surface area contributed by atoms with E-state index in [1.165, 1.54) is 0 Å². The molecule has 0 atom stereocenters.